The van der Waals surface area contributed by atoms with Crippen molar-refractivity contribution < 1.29 is 4.79 Å². The molecule has 6 nitrogen and oxygen atoms in total. The van der Waals surface area contributed by atoms with Crippen LogP contribution in [0.15, 0.2) is 30.6 Å². The maximum Gasteiger partial charge on any atom is 0.271 e. The SMILES string of the molecule is Cc1c(C(=O)N2CCn3ncnc3C2)[nH]c2ccccc12. The quantitative estimate of drug-likeness (QED) is 0.738. The smallest absolute Gasteiger partial charge is 0.271 e. The molecule has 0 aliphatic carbocycles. The summed E-state index contributed by atoms with van der Waals surface area (Å²) in [4.78, 5) is 22.0. The number of hydrogen-bond acceptors (Lipinski definition) is 3. The van der Waals surface area contributed by atoms with Crippen LogP contribution in [0.2, 0.25) is 0 Å². The van der Waals surface area contributed by atoms with E-state index in [-0.39, 0.29) is 5.91 Å². The van der Waals surface area contributed by atoms with Crippen molar-refractivity contribution in [1.82, 2.24) is 24.6 Å². The van der Waals surface area contributed by atoms with Crippen LogP contribution in [-0.4, -0.2) is 37.1 Å². The number of H-pyrrole nitrogens is 1. The van der Waals surface area contributed by atoms with Gasteiger partial charge in [-0.05, 0) is 18.6 Å². The Labute approximate surface area is 121 Å². The van der Waals surface area contributed by atoms with Gasteiger partial charge in [0.1, 0.15) is 17.8 Å². The number of para-hydroxylation sites is 1. The first-order valence-corrected chi connectivity index (χ1v) is 6.97. The third-order valence-corrected chi connectivity index (χ3v) is 4.08. The summed E-state index contributed by atoms with van der Waals surface area (Å²) in [6, 6.07) is 7.98. The summed E-state index contributed by atoms with van der Waals surface area (Å²) in [7, 11) is 0. The van der Waals surface area contributed by atoms with Crippen LogP contribution in [0.25, 0.3) is 10.9 Å². The summed E-state index contributed by atoms with van der Waals surface area (Å²) in [5, 5.41) is 5.23. The average molecular weight is 281 g/mol. The molecule has 106 valence electrons. The predicted molar refractivity (Wildman–Crippen MR) is 77.8 cm³/mol. The fourth-order valence-corrected chi connectivity index (χ4v) is 2.89. The highest BCUT2D eigenvalue weighted by molar-refractivity contribution is 6.00. The number of carbonyl (C=O) groups is 1. The van der Waals surface area contributed by atoms with Crippen molar-refractivity contribution in [3.63, 3.8) is 0 Å². The lowest BCUT2D eigenvalue weighted by Gasteiger charge is -2.26. The molecule has 1 aromatic carbocycles. The van der Waals surface area contributed by atoms with Crippen molar-refractivity contribution in [3.8, 4) is 0 Å². The molecule has 1 N–H and O–H groups in total. The Morgan fingerprint density at radius 3 is 3.00 bits per heavy atom. The summed E-state index contributed by atoms with van der Waals surface area (Å²) >= 11 is 0. The number of carbonyl (C=O) groups excluding carboxylic acids is 1. The zero-order chi connectivity index (χ0) is 14.4. The molecule has 6 heteroatoms. The Morgan fingerprint density at radius 2 is 2.14 bits per heavy atom. The number of nitrogens with zero attached hydrogens (tertiary/aromatic N) is 4. The Bertz CT molecular complexity index is 832. The molecule has 1 aliphatic rings. The molecule has 0 bridgehead atoms. The minimum atomic E-state index is 0.0259. The minimum absolute atomic E-state index is 0.0259. The summed E-state index contributed by atoms with van der Waals surface area (Å²) in [5.74, 6) is 0.862. The Balaban J connectivity index is 1.69. The van der Waals surface area contributed by atoms with Gasteiger partial charge in [0.2, 0.25) is 0 Å². The largest absolute Gasteiger partial charge is 0.350 e. The molecule has 3 aromatic rings. The summed E-state index contributed by atoms with van der Waals surface area (Å²) in [6.45, 7) is 3.84. The number of rotatable bonds is 1. The van der Waals surface area contributed by atoms with Gasteiger partial charge in [-0.15, -0.1) is 0 Å². The number of benzene rings is 1. The van der Waals surface area contributed by atoms with Gasteiger partial charge in [0.15, 0.2) is 0 Å². The molecule has 0 saturated heterocycles. The van der Waals surface area contributed by atoms with Gasteiger partial charge >= 0.3 is 0 Å². The molecule has 0 spiro atoms. The molecule has 1 aliphatic heterocycles. The molecular formula is C15H15N5O. The maximum absolute atomic E-state index is 12.8. The van der Waals surface area contributed by atoms with Crippen LogP contribution in [0.5, 0.6) is 0 Å². The van der Waals surface area contributed by atoms with Crippen LogP contribution in [0.1, 0.15) is 21.9 Å². The lowest BCUT2D eigenvalue weighted by Crippen LogP contribution is -2.39. The van der Waals surface area contributed by atoms with E-state index in [1.807, 2.05) is 40.8 Å². The molecule has 0 unspecified atom stereocenters. The van der Waals surface area contributed by atoms with Crippen molar-refractivity contribution in [3.05, 3.63) is 47.7 Å². The standard InChI is InChI=1S/C15H15N5O/c1-10-11-4-2-3-5-12(11)18-14(10)15(21)19-6-7-20-13(8-19)16-9-17-20/h2-5,9,18H,6-8H2,1H3. The number of hydrogen-bond donors (Lipinski definition) is 1. The molecule has 0 fully saturated rings. The molecule has 2 aromatic heterocycles. The first-order chi connectivity index (χ1) is 10.2. The number of aromatic nitrogens is 4. The first kappa shape index (κ1) is 12.1. The van der Waals surface area contributed by atoms with E-state index in [1.165, 1.54) is 6.33 Å². The van der Waals surface area contributed by atoms with Gasteiger partial charge in [-0.25, -0.2) is 9.67 Å². The number of aromatic amines is 1. The molecule has 1 amide bonds. The van der Waals surface area contributed by atoms with Gasteiger partial charge < -0.3 is 9.88 Å². The highest BCUT2D eigenvalue weighted by Crippen LogP contribution is 2.23. The zero-order valence-electron chi connectivity index (χ0n) is 11.7. The Hall–Kier alpha value is -2.63. The molecule has 3 heterocycles. The van der Waals surface area contributed by atoms with Crippen LogP contribution >= 0.6 is 0 Å². The van der Waals surface area contributed by atoms with Crippen molar-refractivity contribution >= 4 is 16.8 Å². The molecule has 21 heavy (non-hydrogen) atoms. The van der Waals surface area contributed by atoms with Crippen molar-refractivity contribution in [2.75, 3.05) is 6.54 Å². The number of fused-ring (bicyclic) bond motifs is 2. The molecule has 0 saturated carbocycles. The lowest BCUT2D eigenvalue weighted by atomic mass is 10.1. The second kappa shape index (κ2) is 4.44. The Morgan fingerprint density at radius 1 is 1.29 bits per heavy atom. The van der Waals surface area contributed by atoms with E-state index in [0.29, 0.717) is 25.3 Å². The Kier molecular flexibility index (Phi) is 2.57. The van der Waals surface area contributed by atoms with Crippen LogP contribution in [0.4, 0.5) is 0 Å². The second-order valence-corrected chi connectivity index (χ2v) is 5.30. The van der Waals surface area contributed by atoms with E-state index < -0.39 is 0 Å². The average Bonchev–Trinajstić information content (AvgIpc) is 3.11. The van der Waals surface area contributed by atoms with Crippen molar-refractivity contribution in [1.29, 1.82) is 0 Å². The number of aryl methyl sites for hydroxylation is 1. The van der Waals surface area contributed by atoms with Crippen molar-refractivity contribution in [2.45, 2.75) is 20.0 Å². The summed E-state index contributed by atoms with van der Waals surface area (Å²) < 4.78 is 1.85. The number of nitrogens with one attached hydrogen (secondary N) is 1. The first-order valence-electron chi connectivity index (χ1n) is 6.97. The lowest BCUT2D eigenvalue weighted by molar-refractivity contribution is 0.0697. The van der Waals surface area contributed by atoms with E-state index in [2.05, 4.69) is 15.1 Å². The van der Waals surface area contributed by atoms with Crippen LogP contribution in [0, 0.1) is 6.92 Å². The molecule has 0 radical (unpaired) electrons. The van der Waals surface area contributed by atoms with E-state index >= 15 is 0 Å². The zero-order valence-corrected chi connectivity index (χ0v) is 11.7. The molecule has 4 rings (SSSR count). The fourth-order valence-electron chi connectivity index (χ4n) is 2.89. The minimum Gasteiger partial charge on any atom is -0.350 e. The van der Waals surface area contributed by atoms with Crippen molar-refractivity contribution in [2.24, 2.45) is 0 Å². The molecule has 0 atom stereocenters. The third kappa shape index (κ3) is 1.83. The van der Waals surface area contributed by atoms with Gasteiger partial charge in [0.25, 0.3) is 5.91 Å². The third-order valence-electron chi connectivity index (χ3n) is 4.08. The van der Waals surface area contributed by atoms with Crippen LogP contribution in [-0.2, 0) is 13.1 Å². The van der Waals surface area contributed by atoms with E-state index in [1.54, 1.807) is 0 Å². The number of amides is 1. The summed E-state index contributed by atoms with van der Waals surface area (Å²) in [6.07, 6.45) is 1.54. The fraction of sp³-hybridized carbons (Fsp3) is 0.267. The topological polar surface area (TPSA) is 66.8 Å². The molecular weight excluding hydrogens is 266 g/mol. The maximum atomic E-state index is 12.8. The second-order valence-electron chi connectivity index (χ2n) is 5.30. The normalized spacial score (nSPS) is 14.4. The van der Waals surface area contributed by atoms with Gasteiger partial charge in [-0.3, -0.25) is 4.79 Å². The van der Waals surface area contributed by atoms with Gasteiger partial charge in [0.05, 0.1) is 13.1 Å². The predicted octanol–water partition coefficient (Wildman–Crippen LogP) is 1.72. The van der Waals surface area contributed by atoms with Gasteiger partial charge in [-0.2, -0.15) is 5.10 Å². The summed E-state index contributed by atoms with van der Waals surface area (Å²) in [5.41, 5.74) is 2.67. The van der Waals surface area contributed by atoms with Crippen LogP contribution < -0.4 is 0 Å². The highest BCUT2D eigenvalue weighted by Gasteiger charge is 2.25. The van der Waals surface area contributed by atoms with E-state index in [0.717, 1.165) is 22.3 Å². The van der Waals surface area contributed by atoms with Crippen LogP contribution in [0.3, 0.4) is 0 Å². The van der Waals surface area contributed by atoms with Gasteiger partial charge in [-0.1, -0.05) is 18.2 Å². The van der Waals surface area contributed by atoms with E-state index in [4.69, 9.17) is 0 Å². The van der Waals surface area contributed by atoms with Gasteiger partial charge in [0, 0.05) is 17.4 Å². The van der Waals surface area contributed by atoms with E-state index in [9.17, 15) is 4.79 Å². The monoisotopic (exact) mass is 281 g/mol. The highest BCUT2D eigenvalue weighted by atomic mass is 16.2.